The standard InChI is InChI=1S/C19H23ClN4O/c1-11-5-3-4-6-14(11)22-19-17(20)13-7-8-15(25)16(13)18(23-19)12-9-21-24(2)10-12/h9-11,14H,3-8H2,1-2H3,(H,22,23)/t11-,14+/m0/s1. The van der Waals surface area contributed by atoms with Gasteiger partial charge in [0, 0.05) is 36.8 Å². The van der Waals surface area contributed by atoms with E-state index in [-0.39, 0.29) is 5.78 Å². The van der Waals surface area contributed by atoms with Gasteiger partial charge in [0.25, 0.3) is 0 Å². The number of hydrogen-bond acceptors (Lipinski definition) is 4. The predicted octanol–water partition coefficient (Wildman–Crippen LogP) is 4.26. The fourth-order valence-electron chi connectivity index (χ4n) is 4.07. The molecule has 2 atom stereocenters. The first-order valence-electron chi connectivity index (χ1n) is 9.05. The number of ketones is 1. The molecular weight excluding hydrogens is 336 g/mol. The number of carbonyl (C=O) groups excluding carboxylic acids is 1. The number of anilines is 1. The van der Waals surface area contributed by atoms with Crippen LogP contribution in [0.3, 0.4) is 0 Å². The second-order valence-electron chi connectivity index (χ2n) is 7.31. The summed E-state index contributed by atoms with van der Waals surface area (Å²) in [7, 11) is 1.87. The van der Waals surface area contributed by atoms with E-state index >= 15 is 0 Å². The number of aromatic nitrogens is 3. The molecule has 0 saturated heterocycles. The molecule has 25 heavy (non-hydrogen) atoms. The molecule has 0 aliphatic heterocycles. The molecule has 0 spiro atoms. The molecule has 5 nitrogen and oxygen atoms in total. The van der Waals surface area contributed by atoms with Gasteiger partial charge in [0.05, 0.1) is 16.9 Å². The van der Waals surface area contributed by atoms with Crippen molar-refractivity contribution in [3.8, 4) is 11.3 Å². The zero-order chi connectivity index (χ0) is 17.6. The van der Waals surface area contributed by atoms with Crippen LogP contribution < -0.4 is 5.32 Å². The smallest absolute Gasteiger partial charge is 0.165 e. The largest absolute Gasteiger partial charge is 0.366 e. The van der Waals surface area contributed by atoms with E-state index < -0.39 is 0 Å². The van der Waals surface area contributed by atoms with E-state index in [1.165, 1.54) is 19.3 Å². The first-order valence-corrected chi connectivity index (χ1v) is 9.43. The van der Waals surface area contributed by atoms with Crippen molar-refractivity contribution in [2.24, 2.45) is 13.0 Å². The zero-order valence-corrected chi connectivity index (χ0v) is 15.4. The summed E-state index contributed by atoms with van der Waals surface area (Å²) < 4.78 is 1.73. The molecule has 1 saturated carbocycles. The molecule has 0 aromatic carbocycles. The molecule has 0 amide bonds. The van der Waals surface area contributed by atoms with Crippen LogP contribution in [0.25, 0.3) is 11.3 Å². The van der Waals surface area contributed by atoms with Crippen LogP contribution in [0.2, 0.25) is 5.02 Å². The third kappa shape index (κ3) is 2.95. The van der Waals surface area contributed by atoms with E-state index in [0.29, 0.717) is 46.9 Å². The molecule has 2 aromatic rings. The van der Waals surface area contributed by atoms with Gasteiger partial charge in [-0.15, -0.1) is 0 Å². The molecule has 6 heteroatoms. The summed E-state index contributed by atoms with van der Waals surface area (Å²) in [6, 6.07) is 0.385. The third-order valence-corrected chi connectivity index (χ3v) is 5.93. The molecule has 132 valence electrons. The van der Waals surface area contributed by atoms with Gasteiger partial charge in [0.1, 0.15) is 5.82 Å². The lowest BCUT2D eigenvalue weighted by Crippen LogP contribution is -2.31. The Morgan fingerprint density at radius 3 is 2.80 bits per heavy atom. The summed E-state index contributed by atoms with van der Waals surface area (Å²) in [5.74, 6) is 1.44. The number of nitrogens with one attached hydrogen (secondary N) is 1. The van der Waals surface area contributed by atoms with Gasteiger partial charge in [0.15, 0.2) is 5.78 Å². The number of pyridine rings is 1. The minimum Gasteiger partial charge on any atom is -0.366 e. The number of nitrogens with zero attached hydrogens (tertiary/aromatic N) is 3. The highest BCUT2D eigenvalue weighted by atomic mass is 35.5. The highest BCUT2D eigenvalue weighted by molar-refractivity contribution is 6.34. The fraction of sp³-hybridized carbons (Fsp3) is 0.526. The van der Waals surface area contributed by atoms with E-state index in [0.717, 1.165) is 17.5 Å². The average molecular weight is 359 g/mol. The van der Waals surface area contributed by atoms with E-state index in [1.807, 2.05) is 13.2 Å². The average Bonchev–Trinajstić information content (AvgIpc) is 3.19. The van der Waals surface area contributed by atoms with Crippen molar-refractivity contribution in [2.45, 2.75) is 51.5 Å². The Kier molecular flexibility index (Phi) is 4.28. The SMILES string of the molecule is C[C@H]1CCCC[C@H]1Nc1nc(-c2cnn(C)c2)c2c(c1Cl)CCC2=O. The summed E-state index contributed by atoms with van der Waals surface area (Å²) in [5.41, 5.74) is 3.19. The molecule has 4 rings (SSSR count). The summed E-state index contributed by atoms with van der Waals surface area (Å²) >= 11 is 6.65. The van der Waals surface area contributed by atoms with Crippen LogP contribution >= 0.6 is 11.6 Å². The number of aryl methyl sites for hydroxylation is 1. The Bertz CT molecular complexity index is 829. The van der Waals surface area contributed by atoms with Gasteiger partial charge in [-0.25, -0.2) is 4.98 Å². The maximum absolute atomic E-state index is 12.4. The van der Waals surface area contributed by atoms with E-state index in [4.69, 9.17) is 16.6 Å². The van der Waals surface area contributed by atoms with Crippen LogP contribution in [-0.2, 0) is 13.5 Å². The lowest BCUT2D eigenvalue weighted by Gasteiger charge is -2.30. The summed E-state index contributed by atoms with van der Waals surface area (Å²) in [5, 5.41) is 8.43. The topological polar surface area (TPSA) is 59.8 Å². The Hall–Kier alpha value is -1.88. The minimum absolute atomic E-state index is 0.126. The van der Waals surface area contributed by atoms with Crippen molar-refractivity contribution < 1.29 is 4.79 Å². The maximum atomic E-state index is 12.4. The van der Waals surface area contributed by atoms with Crippen LogP contribution in [0.5, 0.6) is 0 Å². The Balaban J connectivity index is 1.79. The first kappa shape index (κ1) is 16.6. The molecule has 1 N–H and O–H groups in total. The first-order chi connectivity index (χ1) is 12.0. The second-order valence-corrected chi connectivity index (χ2v) is 7.69. The summed E-state index contributed by atoms with van der Waals surface area (Å²) in [6.45, 7) is 2.28. The van der Waals surface area contributed by atoms with Crippen LogP contribution in [0.15, 0.2) is 12.4 Å². The van der Waals surface area contributed by atoms with E-state index in [9.17, 15) is 4.79 Å². The summed E-state index contributed by atoms with van der Waals surface area (Å²) in [6.07, 6.45) is 9.75. The third-order valence-electron chi connectivity index (χ3n) is 5.53. The monoisotopic (exact) mass is 358 g/mol. The second kappa shape index (κ2) is 6.45. The molecule has 2 aromatic heterocycles. The highest BCUT2D eigenvalue weighted by Crippen LogP contribution is 2.40. The summed E-state index contributed by atoms with van der Waals surface area (Å²) in [4.78, 5) is 17.2. The van der Waals surface area contributed by atoms with Gasteiger partial charge in [-0.3, -0.25) is 9.48 Å². The lowest BCUT2D eigenvalue weighted by atomic mass is 9.86. The van der Waals surface area contributed by atoms with Crippen molar-refractivity contribution in [2.75, 3.05) is 5.32 Å². The van der Waals surface area contributed by atoms with Crippen LogP contribution in [0.4, 0.5) is 5.82 Å². The predicted molar refractivity (Wildman–Crippen MR) is 99.1 cm³/mol. The molecule has 1 fully saturated rings. The van der Waals surface area contributed by atoms with Crippen molar-refractivity contribution in [3.05, 3.63) is 28.5 Å². The lowest BCUT2D eigenvalue weighted by molar-refractivity contribution is 0.0995. The van der Waals surface area contributed by atoms with Gasteiger partial charge in [-0.05, 0) is 30.7 Å². The van der Waals surface area contributed by atoms with E-state index in [2.05, 4.69) is 17.3 Å². The highest BCUT2D eigenvalue weighted by Gasteiger charge is 2.31. The van der Waals surface area contributed by atoms with Crippen LogP contribution in [0, 0.1) is 5.92 Å². The zero-order valence-electron chi connectivity index (χ0n) is 14.7. The van der Waals surface area contributed by atoms with Crippen LogP contribution in [-0.4, -0.2) is 26.6 Å². The fourth-order valence-corrected chi connectivity index (χ4v) is 4.35. The van der Waals surface area contributed by atoms with E-state index in [1.54, 1.807) is 10.9 Å². The van der Waals surface area contributed by atoms with Gasteiger partial charge < -0.3 is 5.32 Å². The quantitative estimate of drug-likeness (QED) is 0.890. The Morgan fingerprint density at radius 1 is 1.28 bits per heavy atom. The molecule has 0 radical (unpaired) electrons. The van der Waals surface area contributed by atoms with Gasteiger partial charge in [-0.1, -0.05) is 31.4 Å². The Morgan fingerprint density at radius 2 is 2.08 bits per heavy atom. The normalized spacial score (nSPS) is 22.9. The van der Waals surface area contributed by atoms with Crippen molar-refractivity contribution >= 4 is 23.2 Å². The number of Topliss-reactive ketones (excluding diaryl/α,β-unsaturated/α-hetero) is 1. The van der Waals surface area contributed by atoms with Crippen LogP contribution in [0.1, 0.15) is 54.9 Å². The van der Waals surface area contributed by atoms with Crippen molar-refractivity contribution in [1.82, 2.24) is 14.8 Å². The number of hydrogen-bond donors (Lipinski definition) is 1. The molecular formula is C19H23ClN4O. The van der Waals surface area contributed by atoms with Gasteiger partial charge >= 0.3 is 0 Å². The maximum Gasteiger partial charge on any atom is 0.165 e. The minimum atomic E-state index is 0.126. The van der Waals surface area contributed by atoms with Crippen molar-refractivity contribution in [1.29, 1.82) is 0 Å². The number of carbonyl (C=O) groups is 1. The van der Waals surface area contributed by atoms with Crippen molar-refractivity contribution in [3.63, 3.8) is 0 Å². The molecule has 0 unspecified atom stereocenters. The Labute approximate surface area is 152 Å². The number of rotatable bonds is 3. The molecule has 2 aliphatic carbocycles. The van der Waals surface area contributed by atoms with Gasteiger partial charge in [0.2, 0.25) is 0 Å². The molecule has 2 aliphatic rings. The molecule has 0 bridgehead atoms. The number of halogens is 1. The number of fused-ring (bicyclic) bond motifs is 1. The molecule has 2 heterocycles. The van der Waals surface area contributed by atoms with Gasteiger partial charge in [-0.2, -0.15) is 5.10 Å².